The predicted octanol–water partition coefficient (Wildman–Crippen LogP) is 6.30. The summed E-state index contributed by atoms with van der Waals surface area (Å²) in [6.07, 6.45) is 0.583. The van der Waals surface area contributed by atoms with Crippen molar-refractivity contribution in [1.82, 2.24) is 4.98 Å². The minimum atomic E-state index is -0.421. The first kappa shape index (κ1) is 22.5. The predicted molar refractivity (Wildman–Crippen MR) is 134 cm³/mol. The molecule has 34 heavy (non-hydrogen) atoms. The lowest BCUT2D eigenvalue weighted by atomic mass is 9.87. The van der Waals surface area contributed by atoms with Crippen molar-refractivity contribution >= 4 is 44.4 Å². The number of ketones is 1. The van der Waals surface area contributed by atoms with Crippen LogP contribution < -0.4 is 5.32 Å². The third kappa shape index (κ3) is 4.06. The average Bonchev–Trinajstić information content (AvgIpc) is 3.16. The number of fused-ring (bicyclic) bond motifs is 3. The van der Waals surface area contributed by atoms with Crippen LogP contribution in [0.15, 0.2) is 63.5 Å². The normalized spacial score (nSPS) is 14.6. The van der Waals surface area contributed by atoms with Gasteiger partial charge in [0, 0.05) is 34.5 Å². The molecule has 1 aliphatic heterocycles. The molecule has 2 aromatic heterocycles. The molecule has 0 saturated carbocycles. The number of nitrogens with one attached hydrogen (secondary N) is 1. The smallest absolute Gasteiger partial charge is 0.230 e. The maximum Gasteiger partial charge on any atom is 0.230 e. The third-order valence-electron chi connectivity index (χ3n) is 5.93. The lowest BCUT2D eigenvalue weighted by Crippen LogP contribution is -2.32. The highest BCUT2D eigenvalue weighted by Crippen LogP contribution is 2.43. The number of anilines is 1. The molecule has 0 saturated heterocycles. The van der Waals surface area contributed by atoms with Gasteiger partial charge in [-0.3, -0.25) is 9.59 Å². The largest absolute Gasteiger partial charge is 0.432 e. The number of carbonyl (C=O) groups excluding carboxylic acids is 2. The fourth-order valence-corrected chi connectivity index (χ4v) is 4.62. The van der Waals surface area contributed by atoms with Gasteiger partial charge in [-0.05, 0) is 43.7 Å². The van der Waals surface area contributed by atoms with Crippen molar-refractivity contribution in [2.24, 2.45) is 0 Å². The number of rotatable bonds is 4. The number of furan rings is 1. The molecule has 7 heteroatoms. The minimum Gasteiger partial charge on any atom is -0.432 e. The van der Waals surface area contributed by atoms with Crippen LogP contribution in [-0.2, 0) is 22.6 Å². The van der Waals surface area contributed by atoms with Crippen molar-refractivity contribution < 1.29 is 18.7 Å². The quantitative estimate of drug-likeness (QED) is 0.320. The van der Waals surface area contributed by atoms with Gasteiger partial charge < -0.3 is 14.5 Å². The second-order valence-electron chi connectivity index (χ2n) is 9.01. The average molecular weight is 519 g/mol. The van der Waals surface area contributed by atoms with Crippen molar-refractivity contribution in [3.8, 4) is 11.3 Å². The van der Waals surface area contributed by atoms with Crippen LogP contribution in [0.4, 0.5) is 5.69 Å². The topological polar surface area (TPSA) is 81.4 Å². The second kappa shape index (κ2) is 8.49. The van der Waals surface area contributed by atoms with Gasteiger partial charge in [0.15, 0.2) is 0 Å². The van der Waals surface area contributed by atoms with Gasteiger partial charge >= 0.3 is 0 Å². The molecule has 0 bridgehead atoms. The minimum absolute atomic E-state index is 0.0664. The number of hydrogen-bond acceptors (Lipinski definition) is 5. The molecule has 0 aliphatic carbocycles. The molecule has 3 heterocycles. The van der Waals surface area contributed by atoms with E-state index in [-0.39, 0.29) is 17.5 Å². The number of benzene rings is 2. The number of carbonyl (C=O) groups is 2. The summed E-state index contributed by atoms with van der Waals surface area (Å²) in [5, 5.41) is 3.51. The van der Waals surface area contributed by atoms with Gasteiger partial charge in [-0.25, -0.2) is 4.98 Å². The third-order valence-corrected chi connectivity index (χ3v) is 6.45. The molecule has 172 valence electrons. The molecule has 6 nitrogen and oxygen atoms in total. The van der Waals surface area contributed by atoms with Crippen molar-refractivity contribution in [2.45, 2.75) is 39.4 Å². The fraction of sp³-hybridized carbons (Fsp3) is 0.222. The zero-order valence-corrected chi connectivity index (χ0v) is 20.7. The first-order chi connectivity index (χ1) is 16.2. The Balaban J connectivity index is 1.80. The van der Waals surface area contributed by atoms with E-state index in [1.54, 1.807) is 24.3 Å². The zero-order valence-electron chi connectivity index (χ0n) is 19.1. The van der Waals surface area contributed by atoms with Crippen LogP contribution in [0.2, 0.25) is 0 Å². The highest BCUT2D eigenvalue weighted by Gasteiger charge is 2.34. The van der Waals surface area contributed by atoms with E-state index in [4.69, 9.17) is 14.1 Å². The molecule has 4 aromatic rings. The summed E-state index contributed by atoms with van der Waals surface area (Å²) < 4.78 is 13.1. The lowest BCUT2D eigenvalue weighted by Gasteiger charge is -2.33. The van der Waals surface area contributed by atoms with Gasteiger partial charge in [0.1, 0.15) is 5.69 Å². The molecule has 0 fully saturated rings. The van der Waals surface area contributed by atoms with Gasteiger partial charge in [0.05, 0.1) is 23.3 Å². The first-order valence-electron chi connectivity index (χ1n) is 11.0. The standard InChI is InChI=1S/C27H23BrN2O4/c1-15(31)29-23-21-19-13-27(2,3)33-14-20(19)22(16-7-5-4-6-8-16)30-26(21)34-25(23)24(32)17-9-11-18(28)12-10-17/h4-12H,13-14H2,1-3H3,(H,29,31). The van der Waals surface area contributed by atoms with Crippen LogP contribution in [0.3, 0.4) is 0 Å². The zero-order chi connectivity index (χ0) is 24.0. The summed E-state index contributed by atoms with van der Waals surface area (Å²) in [7, 11) is 0. The maximum atomic E-state index is 13.5. The second-order valence-corrected chi connectivity index (χ2v) is 9.93. The van der Waals surface area contributed by atoms with Crippen molar-refractivity contribution in [3.05, 3.63) is 81.5 Å². The Labute approximate surface area is 205 Å². The Hall–Kier alpha value is -3.29. The van der Waals surface area contributed by atoms with E-state index in [2.05, 4.69) is 21.2 Å². The molecule has 0 radical (unpaired) electrons. The van der Waals surface area contributed by atoms with Crippen LogP contribution in [-0.4, -0.2) is 22.3 Å². The van der Waals surface area contributed by atoms with E-state index in [0.717, 1.165) is 26.9 Å². The molecule has 5 rings (SSSR count). The summed E-state index contributed by atoms with van der Waals surface area (Å²) in [4.78, 5) is 30.5. The number of ether oxygens (including phenoxy) is 1. The Morgan fingerprint density at radius 2 is 1.74 bits per heavy atom. The molecule has 0 atom stereocenters. The Morgan fingerprint density at radius 3 is 2.41 bits per heavy atom. The number of halogens is 1. The molecule has 1 amide bonds. The van der Waals surface area contributed by atoms with Crippen molar-refractivity contribution in [1.29, 1.82) is 0 Å². The van der Waals surface area contributed by atoms with Gasteiger partial charge in [0.2, 0.25) is 23.2 Å². The Morgan fingerprint density at radius 1 is 1.03 bits per heavy atom. The summed E-state index contributed by atoms with van der Waals surface area (Å²) in [5.41, 5.74) is 4.31. The number of aromatic nitrogens is 1. The Bertz CT molecular complexity index is 1420. The van der Waals surface area contributed by atoms with E-state index in [1.807, 2.05) is 44.2 Å². The summed E-state index contributed by atoms with van der Waals surface area (Å²) in [6.45, 7) is 5.83. The van der Waals surface area contributed by atoms with Crippen LogP contribution >= 0.6 is 15.9 Å². The van der Waals surface area contributed by atoms with Crippen LogP contribution in [0.5, 0.6) is 0 Å². The molecule has 1 aliphatic rings. The SMILES string of the molecule is CC(=O)Nc1c(C(=O)c2ccc(Br)cc2)oc2nc(-c3ccccc3)c3c(c12)CC(C)(C)OC3. The van der Waals surface area contributed by atoms with Crippen LogP contribution in [0.25, 0.3) is 22.4 Å². The number of amides is 1. The van der Waals surface area contributed by atoms with E-state index < -0.39 is 5.60 Å². The summed E-state index contributed by atoms with van der Waals surface area (Å²) in [6, 6.07) is 16.8. The van der Waals surface area contributed by atoms with Gasteiger partial charge in [-0.2, -0.15) is 0 Å². The van der Waals surface area contributed by atoms with Gasteiger partial charge in [-0.1, -0.05) is 46.3 Å². The van der Waals surface area contributed by atoms with E-state index >= 15 is 0 Å². The molecule has 0 spiro atoms. The number of hydrogen-bond donors (Lipinski definition) is 1. The highest BCUT2D eigenvalue weighted by molar-refractivity contribution is 9.10. The van der Waals surface area contributed by atoms with Crippen LogP contribution in [0, 0.1) is 0 Å². The first-order valence-corrected chi connectivity index (χ1v) is 11.8. The van der Waals surface area contributed by atoms with Crippen molar-refractivity contribution in [3.63, 3.8) is 0 Å². The fourth-order valence-electron chi connectivity index (χ4n) is 4.36. The molecule has 2 aromatic carbocycles. The van der Waals surface area contributed by atoms with Gasteiger partial charge in [0.25, 0.3) is 0 Å². The lowest BCUT2D eigenvalue weighted by molar-refractivity contribution is -0.114. The van der Waals surface area contributed by atoms with E-state index in [1.165, 1.54) is 6.92 Å². The van der Waals surface area contributed by atoms with Gasteiger partial charge in [-0.15, -0.1) is 0 Å². The van der Waals surface area contributed by atoms with E-state index in [9.17, 15) is 9.59 Å². The van der Waals surface area contributed by atoms with E-state index in [0.29, 0.717) is 35.4 Å². The molecule has 0 unspecified atom stereocenters. The molecular formula is C27H23BrN2O4. The Kier molecular flexibility index (Phi) is 5.62. The monoisotopic (exact) mass is 518 g/mol. The molecular weight excluding hydrogens is 496 g/mol. The van der Waals surface area contributed by atoms with Crippen LogP contribution in [0.1, 0.15) is 48.0 Å². The maximum absolute atomic E-state index is 13.5. The summed E-state index contributed by atoms with van der Waals surface area (Å²) >= 11 is 3.39. The molecule has 1 N–H and O–H groups in total. The van der Waals surface area contributed by atoms with Crippen molar-refractivity contribution in [2.75, 3.05) is 5.32 Å². The highest BCUT2D eigenvalue weighted by atomic mass is 79.9. The number of nitrogens with zero attached hydrogens (tertiary/aromatic N) is 1. The number of pyridine rings is 1. The summed E-state index contributed by atoms with van der Waals surface area (Å²) in [5.74, 6) is -0.549.